The van der Waals surface area contributed by atoms with E-state index in [1.165, 1.54) is 6.42 Å². The highest BCUT2D eigenvalue weighted by Gasteiger charge is 2.26. The number of nitrogens with two attached hydrogens (primary N) is 1. The van der Waals surface area contributed by atoms with E-state index in [0.717, 1.165) is 32.4 Å². The minimum Gasteiger partial charge on any atom is -0.341 e. The lowest BCUT2D eigenvalue weighted by atomic mass is 9.85. The molecule has 15 heavy (non-hydrogen) atoms. The smallest absolute Gasteiger partial charge is 0.239 e. The van der Waals surface area contributed by atoms with Crippen molar-refractivity contribution in [1.29, 1.82) is 0 Å². The number of hydrogen-bond donors (Lipinski definition) is 1. The summed E-state index contributed by atoms with van der Waals surface area (Å²) in [6.07, 6.45) is 4.14. The number of likely N-dealkylation sites (tertiary alicyclic amines) is 1. The second-order valence-electron chi connectivity index (χ2n) is 5.36. The molecule has 1 unspecified atom stereocenters. The summed E-state index contributed by atoms with van der Waals surface area (Å²) in [5, 5.41) is 0. The van der Waals surface area contributed by atoms with Crippen molar-refractivity contribution in [3.05, 3.63) is 0 Å². The molecule has 3 heteroatoms. The van der Waals surface area contributed by atoms with E-state index in [1.807, 2.05) is 11.8 Å². The van der Waals surface area contributed by atoms with Gasteiger partial charge in [0.15, 0.2) is 0 Å². The fraction of sp³-hybridized carbons (Fsp3) is 0.917. The van der Waals surface area contributed by atoms with Crippen molar-refractivity contribution in [1.82, 2.24) is 4.90 Å². The molecule has 88 valence electrons. The maximum atomic E-state index is 11.9. The van der Waals surface area contributed by atoms with Crippen LogP contribution in [0.15, 0.2) is 0 Å². The van der Waals surface area contributed by atoms with Crippen molar-refractivity contribution >= 4 is 5.91 Å². The van der Waals surface area contributed by atoms with Crippen LogP contribution < -0.4 is 5.73 Å². The summed E-state index contributed by atoms with van der Waals surface area (Å²) in [5.74, 6) is 0.134. The monoisotopic (exact) mass is 212 g/mol. The van der Waals surface area contributed by atoms with Crippen LogP contribution in [0.2, 0.25) is 0 Å². The molecule has 1 heterocycles. The fourth-order valence-electron chi connectivity index (χ4n) is 2.05. The number of nitrogens with zero attached hydrogens (tertiary/aromatic N) is 1. The van der Waals surface area contributed by atoms with Crippen molar-refractivity contribution < 1.29 is 4.79 Å². The topological polar surface area (TPSA) is 46.3 Å². The van der Waals surface area contributed by atoms with Gasteiger partial charge in [-0.3, -0.25) is 4.79 Å². The molecule has 0 radical (unpaired) electrons. The van der Waals surface area contributed by atoms with Gasteiger partial charge in [-0.1, -0.05) is 20.8 Å². The van der Waals surface area contributed by atoms with Crippen molar-refractivity contribution in [2.75, 3.05) is 13.1 Å². The summed E-state index contributed by atoms with van der Waals surface area (Å²) in [7, 11) is 0. The first-order chi connectivity index (χ1) is 6.96. The van der Waals surface area contributed by atoms with Gasteiger partial charge in [0.05, 0.1) is 6.04 Å². The summed E-state index contributed by atoms with van der Waals surface area (Å²) in [6.45, 7) is 8.28. The number of carbonyl (C=O) groups is 1. The third kappa shape index (κ3) is 3.49. The van der Waals surface area contributed by atoms with Gasteiger partial charge in [-0.15, -0.1) is 0 Å². The molecule has 2 N–H and O–H groups in total. The first-order valence-corrected chi connectivity index (χ1v) is 6.00. The molecule has 3 nitrogen and oxygen atoms in total. The number of hydrogen-bond acceptors (Lipinski definition) is 2. The quantitative estimate of drug-likeness (QED) is 0.758. The third-order valence-corrected chi connectivity index (χ3v) is 3.41. The van der Waals surface area contributed by atoms with E-state index in [0.29, 0.717) is 5.41 Å². The lowest BCUT2D eigenvalue weighted by Gasteiger charge is -2.25. The summed E-state index contributed by atoms with van der Waals surface area (Å²) >= 11 is 0. The molecule has 1 fully saturated rings. The Hall–Kier alpha value is -0.570. The van der Waals surface area contributed by atoms with Gasteiger partial charge in [-0.25, -0.2) is 0 Å². The Bertz CT molecular complexity index is 226. The molecule has 0 aromatic carbocycles. The summed E-state index contributed by atoms with van der Waals surface area (Å²) in [4.78, 5) is 13.8. The standard InChI is InChI=1S/C12H24N2O/c1-4-10(13)11(15)14-8-5-6-12(2,3)7-9-14/h10H,4-9,13H2,1-3H3. The molecule has 1 amide bonds. The average Bonchev–Trinajstić information content (AvgIpc) is 2.37. The van der Waals surface area contributed by atoms with Crippen molar-refractivity contribution in [2.45, 2.75) is 52.5 Å². The van der Waals surface area contributed by atoms with Gasteiger partial charge >= 0.3 is 0 Å². The van der Waals surface area contributed by atoms with E-state index in [-0.39, 0.29) is 11.9 Å². The molecule has 1 atom stereocenters. The maximum Gasteiger partial charge on any atom is 0.239 e. The van der Waals surface area contributed by atoms with E-state index >= 15 is 0 Å². The van der Waals surface area contributed by atoms with Crippen LogP contribution in [-0.4, -0.2) is 29.9 Å². The molecular formula is C12H24N2O. The van der Waals surface area contributed by atoms with Crippen LogP contribution in [0, 0.1) is 5.41 Å². The largest absolute Gasteiger partial charge is 0.341 e. The van der Waals surface area contributed by atoms with Crippen LogP contribution in [-0.2, 0) is 4.79 Å². The highest BCUT2D eigenvalue weighted by Crippen LogP contribution is 2.29. The third-order valence-electron chi connectivity index (χ3n) is 3.41. The van der Waals surface area contributed by atoms with E-state index in [9.17, 15) is 4.79 Å². The van der Waals surface area contributed by atoms with Crippen LogP contribution in [0.3, 0.4) is 0 Å². The van der Waals surface area contributed by atoms with Crippen LogP contribution >= 0.6 is 0 Å². The Morgan fingerprint density at radius 2 is 2.07 bits per heavy atom. The predicted molar refractivity (Wildman–Crippen MR) is 62.5 cm³/mol. The minimum absolute atomic E-state index is 0.134. The number of amides is 1. The Morgan fingerprint density at radius 1 is 1.40 bits per heavy atom. The zero-order chi connectivity index (χ0) is 11.5. The maximum absolute atomic E-state index is 11.9. The molecule has 0 aromatic heterocycles. The fourth-order valence-corrected chi connectivity index (χ4v) is 2.05. The molecule has 0 aromatic rings. The zero-order valence-corrected chi connectivity index (χ0v) is 10.3. The highest BCUT2D eigenvalue weighted by molar-refractivity contribution is 5.81. The van der Waals surface area contributed by atoms with Gasteiger partial charge < -0.3 is 10.6 Å². The number of carbonyl (C=O) groups excluding carboxylic acids is 1. The Morgan fingerprint density at radius 3 is 2.67 bits per heavy atom. The summed E-state index contributed by atoms with van der Waals surface area (Å²) in [5.41, 5.74) is 6.16. The molecular weight excluding hydrogens is 188 g/mol. The van der Waals surface area contributed by atoms with Crippen LogP contribution in [0.25, 0.3) is 0 Å². The van der Waals surface area contributed by atoms with Gasteiger partial charge in [-0.05, 0) is 31.1 Å². The average molecular weight is 212 g/mol. The lowest BCUT2D eigenvalue weighted by molar-refractivity contribution is -0.132. The summed E-state index contributed by atoms with van der Waals surface area (Å²) < 4.78 is 0. The second-order valence-corrected chi connectivity index (χ2v) is 5.36. The van der Waals surface area contributed by atoms with Gasteiger partial charge in [0.25, 0.3) is 0 Å². The second kappa shape index (κ2) is 4.97. The van der Waals surface area contributed by atoms with Crippen LogP contribution in [0.5, 0.6) is 0 Å². The SMILES string of the molecule is CCC(N)C(=O)N1CCCC(C)(C)CC1. The normalized spacial score (nSPS) is 23.3. The number of rotatable bonds is 2. The molecule has 1 aliphatic rings. The molecule has 0 saturated carbocycles. The van der Waals surface area contributed by atoms with E-state index in [4.69, 9.17) is 5.73 Å². The van der Waals surface area contributed by atoms with Gasteiger partial charge in [-0.2, -0.15) is 0 Å². The Balaban J connectivity index is 2.54. The Kier molecular flexibility index (Phi) is 4.14. The van der Waals surface area contributed by atoms with E-state index in [1.54, 1.807) is 0 Å². The molecule has 0 aliphatic carbocycles. The van der Waals surface area contributed by atoms with Gasteiger partial charge in [0.2, 0.25) is 5.91 Å². The molecule has 0 bridgehead atoms. The summed E-state index contributed by atoms with van der Waals surface area (Å²) in [6, 6.07) is -0.300. The molecule has 1 aliphatic heterocycles. The lowest BCUT2D eigenvalue weighted by Crippen LogP contribution is -2.44. The van der Waals surface area contributed by atoms with E-state index < -0.39 is 0 Å². The zero-order valence-electron chi connectivity index (χ0n) is 10.3. The van der Waals surface area contributed by atoms with Crippen molar-refractivity contribution in [3.63, 3.8) is 0 Å². The molecule has 1 rings (SSSR count). The Labute approximate surface area is 93.0 Å². The van der Waals surface area contributed by atoms with E-state index in [2.05, 4.69) is 13.8 Å². The van der Waals surface area contributed by atoms with Crippen molar-refractivity contribution in [3.8, 4) is 0 Å². The molecule has 1 saturated heterocycles. The predicted octanol–water partition coefficient (Wildman–Crippen LogP) is 1.76. The molecule has 0 spiro atoms. The van der Waals surface area contributed by atoms with Crippen LogP contribution in [0.4, 0.5) is 0 Å². The van der Waals surface area contributed by atoms with Crippen LogP contribution in [0.1, 0.15) is 46.5 Å². The highest BCUT2D eigenvalue weighted by atomic mass is 16.2. The first-order valence-electron chi connectivity index (χ1n) is 6.00. The van der Waals surface area contributed by atoms with Gasteiger partial charge in [0.1, 0.15) is 0 Å². The first kappa shape index (κ1) is 12.5. The van der Waals surface area contributed by atoms with Gasteiger partial charge in [0, 0.05) is 13.1 Å². The van der Waals surface area contributed by atoms with Crippen molar-refractivity contribution in [2.24, 2.45) is 11.1 Å². The minimum atomic E-state index is -0.300.